The largest absolute Gasteiger partial charge is 0.456 e. The third-order valence-corrected chi connectivity index (χ3v) is 14.2. The maximum Gasteiger partial charge on any atom is 0.135 e. The molecule has 58 heavy (non-hydrogen) atoms. The number of thiophene rings is 1. The predicted molar refractivity (Wildman–Crippen MR) is 249 cm³/mol. The van der Waals surface area contributed by atoms with Crippen LogP contribution >= 0.6 is 11.3 Å². The molecule has 14 rings (SSSR count). The van der Waals surface area contributed by atoms with Gasteiger partial charge in [-0.25, -0.2) is 0 Å². The first-order valence-corrected chi connectivity index (χ1v) is 20.8. The van der Waals surface area contributed by atoms with Crippen molar-refractivity contribution in [3.8, 4) is 44.5 Å². The van der Waals surface area contributed by atoms with Crippen molar-refractivity contribution in [3.05, 3.63) is 182 Å². The Hall–Kier alpha value is -7.26. The zero-order chi connectivity index (χ0) is 37.6. The molecule has 13 aromatic rings. The van der Waals surface area contributed by atoms with Crippen molar-refractivity contribution >= 4 is 107 Å². The summed E-state index contributed by atoms with van der Waals surface area (Å²) in [5, 5.41) is 18.0. The van der Waals surface area contributed by atoms with Crippen LogP contribution in [0, 0.1) is 0 Å². The monoisotopic (exact) mass is 750 g/mol. The second-order valence-corrected chi connectivity index (χ2v) is 16.9. The minimum absolute atomic E-state index is 0.907. The Labute approximate surface area is 336 Å². The van der Waals surface area contributed by atoms with Gasteiger partial charge in [0.1, 0.15) is 11.2 Å². The van der Waals surface area contributed by atoms with Crippen molar-refractivity contribution in [3.63, 3.8) is 0 Å². The van der Waals surface area contributed by atoms with Crippen molar-refractivity contribution in [2.45, 2.75) is 0 Å². The molecule has 1 aliphatic rings. The van der Waals surface area contributed by atoms with Crippen LogP contribution in [0.5, 0.6) is 0 Å². The second kappa shape index (κ2) is 11.2. The average Bonchev–Trinajstić information content (AvgIpc) is 3.96. The van der Waals surface area contributed by atoms with Gasteiger partial charge >= 0.3 is 0 Å². The minimum Gasteiger partial charge on any atom is -0.456 e. The fourth-order valence-corrected chi connectivity index (χ4v) is 11.7. The third-order valence-electron chi connectivity index (χ3n) is 13.0. The van der Waals surface area contributed by atoms with Gasteiger partial charge in [0.15, 0.2) is 0 Å². The lowest BCUT2D eigenvalue weighted by Crippen LogP contribution is -1.86. The van der Waals surface area contributed by atoms with Crippen LogP contribution in [0.1, 0.15) is 0 Å². The molecule has 1 aliphatic carbocycles. The van der Waals surface area contributed by atoms with Crippen molar-refractivity contribution < 1.29 is 4.42 Å². The molecular weight excluding hydrogens is 721 g/mol. The maximum absolute atomic E-state index is 6.47. The molecular formula is C56H30OS. The zero-order valence-electron chi connectivity index (χ0n) is 31.1. The average molecular weight is 751 g/mol. The Morgan fingerprint density at radius 1 is 0.293 bits per heavy atom. The second-order valence-electron chi connectivity index (χ2n) is 15.9. The molecule has 0 aliphatic heterocycles. The molecule has 0 unspecified atom stereocenters. The van der Waals surface area contributed by atoms with E-state index in [1.807, 2.05) is 11.3 Å². The van der Waals surface area contributed by atoms with Gasteiger partial charge in [0.2, 0.25) is 0 Å². The highest BCUT2D eigenvalue weighted by molar-refractivity contribution is 7.27. The number of hydrogen-bond acceptors (Lipinski definition) is 2. The lowest BCUT2D eigenvalue weighted by atomic mass is 9.90. The molecule has 0 saturated carbocycles. The molecule has 0 radical (unpaired) electrons. The molecule has 0 saturated heterocycles. The highest BCUT2D eigenvalue weighted by Gasteiger charge is 2.23. The zero-order valence-corrected chi connectivity index (χ0v) is 32.0. The van der Waals surface area contributed by atoms with E-state index < -0.39 is 0 Å². The fraction of sp³-hybridized carbons (Fsp3) is 0. The molecule has 2 aromatic heterocycles. The molecule has 0 fully saturated rings. The molecule has 0 spiro atoms. The minimum atomic E-state index is 0.907. The van der Waals surface area contributed by atoms with Crippen LogP contribution in [0.25, 0.3) is 140 Å². The first kappa shape index (κ1) is 30.9. The summed E-state index contributed by atoms with van der Waals surface area (Å²) in [5.41, 5.74) is 11.9. The van der Waals surface area contributed by atoms with E-state index in [1.165, 1.54) is 119 Å². The Bertz CT molecular complexity index is 3920. The summed E-state index contributed by atoms with van der Waals surface area (Å²) in [6, 6.07) is 67.6. The third kappa shape index (κ3) is 4.04. The molecule has 0 amide bonds. The lowest BCUT2D eigenvalue weighted by molar-refractivity contribution is 0.669. The summed E-state index contributed by atoms with van der Waals surface area (Å²) in [6.07, 6.45) is 0. The number of furan rings is 1. The Morgan fingerprint density at radius 3 is 1.71 bits per heavy atom. The van der Waals surface area contributed by atoms with Crippen LogP contribution < -0.4 is 0 Å². The van der Waals surface area contributed by atoms with Gasteiger partial charge < -0.3 is 4.42 Å². The number of fused-ring (bicyclic) bond motifs is 18. The van der Waals surface area contributed by atoms with E-state index in [9.17, 15) is 0 Å². The maximum atomic E-state index is 6.47. The molecule has 11 aromatic carbocycles. The van der Waals surface area contributed by atoms with Crippen molar-refractivity contribution in [1.82, 2.24) is 0 Å². The van der Waals surface area contributed by atoms with E-state index in [4.69, 9.17) is 4.42 Å². The Kier molecular flexibility index (Phi) is 5.96. The van der Waals surface area contributed by atoms with Gasteiger partial charge in [-0.15, -0.1) is 11.3 Å². The number of hydrogen-bond donors (Lipinski definition) is 0. The van der Waals surface area contributed by atoms with E-state index in [-0.39, 0.29) is 0 Å². The van der Waals surface area contributed by atoms with Gasteiger partial charge in [0, 0.05) is 36.3 Å². The van der Waals surface area contributed by atoms with Gasteiger partial charge in [-0.2, -0.15) is 0 Å². The summed E-state index contributed by atoms with van der Waals surface area (Å²) >= 11 is 1.92. The van der Waals surface area contributed by atoms with Crippen LogP contribution in [-0.2, 0) is 0 Å². The normalized spacial score (nSPS) is 12.5. The molecule has 2 heteroatoms. The van der Waals surface area contributed by atoms with Crippen molar-refractivity contribution in [2.24, 2.45) is 0 Å². The first-order valence-electron chi connectivity index (χ1n) is 20.0. The van der Waals surface area contributed by atoms with Crippen LogP contribution in [0.2, 0.25) is 0 Å². The van der Waals surface area contributed by atoms with E-state index in [2.05, 4.69) is 182 Å². The van der Waals surface area contributed by atoms with E-state index in [0.717, 1.165) is 21.9 Å². The molecule has 2 heterocycles. The van der Waals surface area contributed by atoms with Crippen LogP contribution in [0.4, 0.5) is 0 Å². The smallest absolute Gasteiger partial charge is 0.135 e. The number of rotatable bonds is 2. The van der Waals surface area contributed by atoms with E-state index in [1.54, 1.807) is 0 Å². The molecule has 266 valence electrons. The highest BCUT2D eigenvalue weighted by atomic mass is 32.1. The predicted octanol–water partition coefficient (Wildman–Crippen LogP) is 16.7. The summed E-state index contributed by atoms with van der Waals surface area (Å²) in [6.45, 7) is 0. The quantitative estimate of drug-likeness (QED) is 0.160. The van der Waals surface area contributed by atoms with Gasteiger partial charge in [-0.3, -0.25) is 0 Å². The summed E-state index contributed by atoms with van der Waals surface area (Å²) in [4.78, 5) is 0. The standard InChI is InChI=1S/C56H30OS/c1-2-9-36-31(8-1)19-27-52-54(36)46-24-23-45-40-20-16-32(28-47(40)39-12-5-6-13-43(39)55(45)56(46)58-52)33-17-25-50-48(29-33)49-30-34(18-26-51(49)57-50)35-21-22-44-38-11-4-3-10-37(38)42-15-7-14-41(35)53(42)44/h1-30H. The summed E-state index contributed by atoms with van der Waals surface area (Å²) < 4.78 is 9.17. The van der Waals surface area contributed by atoms with Gasteiger partial charge in [-0.05, 0) is 129 Å². The van der Waals surface area contributed by atoms with Crippen molar-refractivity contribution in [2.75, 3.05) is 0 Å². The fourth-order valence-electron chi connectivity index (χ4n) is 10.4. The van der Waals surface area contributed by atoms with Crippen LogP contribution in [0.3, 0.4) is 0 Å². The van der Waals surface area contributed by atoms with E-state index >= 15 is 0 Å². The highest BCUT2D eigenvalue weighted by Crippen LogP contribution is 2.50. The Morgan fingerprint density at radius 2 is 0.862 bits per heavy atom. The molecule has 0 bridgehead atoms. The molecule has 0 atom stereocenters. The molecule has 1 nitrogen and oxygen atoms in total. The van der Waals surface area contributed by atoms with Gasteiger partial charge in [0.25, 0.3) is 0 Å². The Balaban J connectivity index is 0.941. The summed E-state index contributed by atoms with van der Waals surface area (Å²) in [7, 11) is 0. The lowest BCUT2D eigenvalue weighted by Gasteiger charge is -2.13. The summed E-state index contributed by atoms with van der Waals surface area (Å²) in [5.74, 6) is 0. The van der Waals surface area contributed by atoms with Crippen LogP contribution in [0.15, 0.2) is 186 Å². The first-order chi connectivity index (χ1) is 28.7. The van der Waals surface area contributed by atoms with Crippen molar-refractivity contribution in [1.29, 1.82) is 0 Å². The number of benzene rings is 11. The topological polar surface area (TPSA) is 13.1 Å². The van der Waals surface area contributed by atoms with Gasteiger partial charge in [-0.1, -0.05) is 146 Å². The SMILES string of the molecule is c1ccc2c(c1)-c1cccc3c(-c4ccc5oc6ccc(-c7ccc8c(c7)c7ccccc7c7c8ccc8c7sc7ccc9ccccc9c78)cc6c5c4)ccc-2c13. The van der Waals surface area contributed by atoms with E-state index in [0.29, 0.717) is 0 Å². The van der Waals surface area contributed by atoms with Crippen LogP contribution in [-0.4, -0.2) is 0 Å². The molecule has 0 N–H and O–H groups in total. The van der Waals surface area contributed by atoms with Gasteiger partial charge in [0.05, 0.1) is 0 Å².